The molecule has 0 bridgehead atoms. The van der Waals surface area contributed by atoms with Gasteiger partial charge in [-0.25, -0.2) is 0 Å². The number of thiophene rings is 1. The number of hydrogen-bond donors (Lipinski definition) is 1. The molecule has 0 aromatic carbocycles. The number of hydrogen-bond acceptors (Lipinski definition) is 3. The Morgan fingerprint density at radius 2 is 2.27 bits per heavy atom. The molecule has 0 spiro atoms. The molecule has 15 heavy (non-hydrogen) atoms. The van der Waals surface area contributed by atoms with Gasteiger partial charge in [0.05, 0.1) is 5.60 Å². The third-order valence-electron chi connectivity index (χ3n) is 2.52. The van der Waals surface area contributed by atoms with Gasteiger partial charge in [-0.15, -0.1) is 11.3 Å². The van der Waals surface area contributed by atoms with Crippen molar-refractivity contribution >= 4 is 11.3 Å². The van der Waals surface area contributed by atoms with Crippen molar-refractivity contribution in [2.45, 2.75) is 38.8 Å². The highest BCUT2D eigenvalue weighted by Gasteiger charge is 2.17. The summed E-state index contributed by atoms with van der Waals surface area (Å²) < 4.78 is 5.36. The summed E-state index contributed by atoms with van der Waals surface area (Å²) in [6.45, 7) is 7.29. The van der Waals surface area contributed by atoms with E-state index in [1.54, 1.807) is 7.11 Å². The minimum Gasteiger partial charge on any atom is -0.377 e. The average molecular weight is 227 g/mol. The fourth-order valence-electron chi connectivity index (χ4n) is 1.29. The molecular formula is C12H21NOS. The second-order valence-electron chi connectivity index (χ2n) is 4.53. The van der Waals surface area contributed by atoms with Crippen molar-refractivity contribution in [2.75, 3.05) is 13.7 Å². The Labute approximate surface area is 96.7 Å². The molecule has 0 radical (unpaired) electrons. The lowest BCUT2D eigenvalue weighted by molar-refractivity contribution is 0.0215. The van der Waals surface area contributed by atoms with Crippen LogP contribution in [0.3, 0.4) is 0 Å². The molecule has 0 saturated heterocycles. The minimum absolute atomic E-state index is 0.0797. The van der Waals surface area contributed by atoms with Gasteiger partial charge in [0.1, 0.15) is 0 Å². The van der Waals surface area contributed by atoms with E-state index < -0.39 is 0 Å². The number of ether oxygens (including phenoxy) is 1. The molecule has 1 atom stereocenters. The molecule has 1 rings (SSSR count). The van der Waals surface area contributed by atoms with Crippen molar-refractivity contribution in [3.63, 3.8) is 0 Å². The highest BCUT2D eigenvalue weighted by atomic mass is 32.1. The van der Waals surface area contributed by atoms with Crippen LogP contribution in [0.4, 0.5) is 0 Å². The third-order valence-corrected chi connectivity index (χ3v) is 3.42. The number of nitrogens with one attached hydrogen (secondary N) is 1. The zero-order valence-electron chi connectivity index (χ0n) is 10.0. The first kappa shape index (κ1) is 12.7. The predicted octanol–water partition coefficient (Wildman–Crippen LogP) is 2.69. The van der Waals surface area contributed by atoms with Gasteiger partial charge >= 0.3 is 0 Å². The lowest BCUT2D eigenvalue weighted by Gasteiger charge is -2.25. The standard InChI is InChI=1S/C12H21NOS/c1-10(8-11-6-5-7-15-11)13-9-12(2,3)14-4/h5-7,10,13H,8-9H2,1-4H3. The molecule has 2 nitrogen and oxygen atoms in total. The van der Waals surface area contributed by atoms with Crippen LogP contribution in [0, 0.1) is 0 Å². The average Bonchev–Trinajstić information content (AvgIpc) is 2.68. The molecule has 3 heteroatoms. The number of rotatable bonds is 6. The summed E-state index contributed by atoms with van der Waals surface area (Å²) in [7, 11) is 1.76. The van der Waals surface area contributed by atoms with E-state index in [1.165, 1.54) is 4.88 Å². The maximum atomic E-state index is 5.36. The molecule has 0 amide bonds. The van der Waals surface area contributed by atoms with E-state index in [-0.39, 0.29) is 5.60 Å². The van der Waals surface area contributed by atoms with Gasteiger partial charge in [0.15, 0.2) is 0 Å². The molecular weight excluding hydrogens is 206 g/mol. The van der Waals surface area contributed by atoms with E-state index in [9.17, 15) is 0 Å². The van der Waals surface area contributed by atoms with Crippen LogP contribution in [0.2, 0.25) is 0 Å². The Balaban J connectivity index is 2.28. The Kier molecular flexibility index (Phi) is 4.77. The minimum atomic E-state index is -0.0797. The van der Waals surface area contributed by atoms with Crippen LogP contribution in [0.25, 0.3) is 0 Å². The van der Waals surface area contributed by atoms with Gasteiger partial charge in [0.2, 0.25) is 0 Å². The van der Waals surface area contributed by atoms with E-state index in [0.717, 1.165) is 13.0 Å². The number of methoxy groups -OCH3 is 1. The van der Waals surface area contributed by atoms with Gasteiger partial charge in [-0.3, -0.25) is 0 Å². The second kappa shape index (κ2) is 5.64. The predicted molar refractivity (Wildman–Crippen MR) is 66.6 cm³/mol. The Morgan fingerprint density at radius 3 is 2.80 bits per heavy atom. The van der Waals surface area contributed by atoms with Crippen molar-refractivity contribution < 1.29 is 4.74 Å². The lowest BCUT2D eigenvalue weighted by atomic mass is 10.1. The molecule has 1 aromatic heterocycles. The quantitative estimate of drug-likeness (QED) is 0.807. The fourth-order valence-corrected chi connectivity index (χ4v) is 2.13. The van der Waals surface area contributed by atoms with Crippen molar-refractivity contribution in [3.05, 3.63) is 22.4 Å². The molecule has 1 unspecified atom stereocenters. The summed E-state index contributed by atoms with van der Waals surface area (Å²) in [6.07, 6.45) is 1.09. The topological polar surface area (TPSA) is 21.3 Å². The summed E-state index contributed by atoms with van der Waals surface area (Å²) in [5, 5.41) is 5.62. The Morgan fingerprint density at radius 1 is 1.53 bits per heavy atom. The molecule has 0 saturated carbocycles. The first-order chi connectivity index (χ1) is 7.03. The third kappa shape index (κ3) is 4.78. The summed E-state index contributed by atoms with van der Waals surface area (Å²) in [6, 6.07) is 4.79. The zero-order chi connectivity index (χ0) is 11.3. The van der Waals surface area contributed by atoms with Crippen LogP contribution in [-0.4, -0.2) is 25.3 Å². The monoisotopic (exact) mass is 227 g/mol. The molecule has 0 aliphatic heterocycles. The van der Waals surface area contributed by atoms with Gasteiger partial charge in [0, 0.05) is 24.6 Å². The highest BCUT2D eigenvalue weighted by molar-refractivity contribution is 7.09. The van der Waals surface area contributed by atoms with E-state index in [1.807, 2.05) is 11.3 Å². The summed E-state index contributed by atoms with van der Waals surface area (Å²) in [5.41, 5.74) is -0.0797. The van der Waals surface area contributed by atoms with Crippen molar-refractivity contribution in [3.8, 4) is 0 Å². The SMILES string of the molecule is COC(C)(C)CNC(C)Cc1cccs1. The summed E-state index contributed by atoms with van der Waals surface area (Å²) in [4.78, 5) is 1.44. The molecule has 1 aromatic rings. The van der Waals surface area contributed by atoms with Crippen LogP contribution >= 0.6 is 11.3 Å². The highest BCUT2D eigenvalue weighted by Crippen LogP contribution is 2.12. The van der Waals surface area contributed by atoms with Gasteiger partial charge in [-0.05, 0) is 38.6 Å². The maximum Gasteiger partial charge on any atom is 0.0746 e. The molecule has 0 aliphatic carbocycles. The van der Waals surface area contributed by atoms with Crippen molar-refractivity contribution in [1.29, 1.82) is 0 Å². The summed E-state index contributed by atoms with van der Waals surface area (Å²) in [5.74, 6) is 0. The van der Waals surface area contributed by atoms with Gasteiger partial charge in [0.25, 0.3) is 0 Å². The van der Waals surface area contributed by atoms with Crippen molar-refractivity contribution in [1.82, 2.24) is 5.32 Å². The van der Waals surface area contributed by atoms with Gasteiger partial charge in [-0.1, -0.05) is 6.07 Å². The van der Waals surface area contributed by atoms with E-state index in [4.69, 9.17) is 4.74 Å². The van der Waals surface area contributed by atoms with Crippen LogP contribution in [0.15, 0.2) is 17.5 Å². The smallest absolute Gasteiger partial charge is 0.0746 e. The van der Waals surface area contributed by atoms with E-state index >= 15 is 0 Å². The van der Waals surface area contributed by atoms with E-state index in [2.05, 4.69) is 43.6 Å². The molecule has 0 aliphatic rings. The van der Waals surface area contributed by atoms with Crippen molar-refractivity contribution in [2.24, 2.45) is 0 Å². The Bertz CT molecular complexity index is 269. The molecule has 1 heterocycles. The molecule has 86 valence electrons. The van der Waals surface area contributed by atoms with Gasteiger partial charge < -0.3 is 10.1 Å². The summed E-state index contributed by atoms with van der Waals surface area (Å²) >= 11 is 1.82. The Hall–Kier alpha value is -0.380. The first-order valence-electron chi connectivity index (χ1n) is 5.34. The largest absolute Gasteiger partial charge is 0.377 e. The van der Waals surface area contributed by atoms with E-state index in [0.29, 0.717) is 6.04 Å². The van der Waals surface area contributed by atoms with Gasteiger partial charge in [-0.2, -0.15) is 0 Å². The van der Waals surface area contributed by atoms with Crippen LogP contribution < -0.4 is 5.32 Å². The van der Waals surface area contributed by atoms with Crippen LogP contribution in [-0.2, 0) is 11.2 Å². The van der Waals surface area contributed by atoms with Crippen LogP contribution in [0.5, 0.6) is 0 Å². The second-order valence-corrected chi connectivity index (χ2v) is 5.56. The molecule has 1 N–H and O–H groups in total. The lowest BCUT2D eigenvalue weighted by Crippen LogP contribution is -2.41. The fraction of sp³-hybridized carbons (Fsp3) is 0.667. The molecule has 0 fully saturated rings. The zero-order valence-corrected chi connectivity index (χ0v) is 10.9. The maximum absolute atomic E-state index is 5.36. The normalized spacial score (nSPS) is 14.1. The first-order valence-corrected chi connectivity index (χ1v) is 6.22. The van der Waals surface area contributed by atoms with Crippen LogP contribution in [0.1, 0.15) is 25.6 Å².